The summed E-state index contributed by atoms with van der Waals surface area (Å²) in [5, 5.41) is 0. The highest BCUT2D eigenvalue weighted by Gasteiger charge is 2.13. The molecule has 2 aromatic rings. The second kappa shape index (κ2) is 5.90. The van der Waals surface area contributed by atoms with Gasteiger partial charge in [0.15, 0.2) is 0 Å². The van der Waals surface area contributed by atoms with E-state index >= 15 is 0 Å². The molecule has 1 aromatic carbocycles. The van der Waals surface area contributed by atoms with Crippen LogP contribution in [0.1, 0.15) is 42.4 Å². The molecular formula is C16H21N3O. The number of rotatable bonds is 4. The summed E-state index contributed by atoms with van der Waals surface area (Å²) >= 11 is 0. The maximum atomic E-state index is 6.06. The van der Waals surface area contributed by atoms with E-state index in [-0.39, 0.29) is 0 Å². The molecule has 20 heavy (non-hydrogen) atoms. The molecule has 2 rings (SSSR count). The first-order valence-corrected chi connectivity index (χ1v) is 6.77. The summed E-state index contributed by atoms with van der Waals surface area (Å²) in [6.07, 6.45) is 0.618. The van der Waals surface area contributed by atoms with E-state index in [1.54, 1.807) is 7.11 Å². The van der Waals surface area contributed by atoms with E-state index in [9.17, 15) is 0 Å². The van der Waals surface area contributed by atoms with Gasteiger partial charge >= 0.3 is 0 Å². The van der Waals surface area contributed by atoms with Crippen LogP contribution in [-0.2, 0) is 6.42 Å². The lowest BCUT2D eigenvalue weighted by molar-refractivity contribution is 0.410. The molecule has 0 radical (unpaired) electrons. The molecule has 1 heterocycles. The van der Waals surface area contributed by atoms with Gasteiger partial charge in [0.1, 0.15) is 17.4 Å². The van der Waals surface area contributed by atoms with Crippen LogP contribution in [0.5, 0.6) is 5.75 Å². The van der Waals surface area contributed by atoms with Gasteiger partial charge in [-0.2, -0.15) is 0 Å². The van der Waals surface area contributed by atoms with Crippen molar-refractivity contribution in [3.8, 4) is 5.75 Å². The molecule has 0 unspecified atom stereocenters. The highest BCUT2D eigenvalue weighted by molar-refractivity contribution is 5.45. The molecule has 2 N–H and O–H groups in total. The van der Waals surface area contributed by atoms with Crippen LogP contribution in [0.2, 0.25) is 0 Å². The summed E-state index contributed by atoms with van der Waals surface area (Å²) in [4.78, 5) is 9.02. The summed E-state index contributed by atoms with van der Waals surface area (Å²) in [7, 11) is 1.67. The van der Waals surface area contributed by atoms with Crippen molar-refractivity contribution in [2.45, 2.75) is 33.1 Å². The van der Waals surface area contributed by atoms with Gasteiger partial charge in [-0.15, -0.1) is 0 Å². The maximum absolute atomic E-state index is 6.06. The lowest BCUT2D eigenvalue weighted by atomic mass is 10.0. The van der Waals surface area contributed by atoms with Gasteiger partial charge in [-0.3, -0.25) is 0 Å². The molecule has 0 fully saturated rings. The van der Waals surface area contributed by atoms with E-state index in [1.807, 2.05) is 31.2 Å². The number of methoxy groups -OCH3 is 1. The topological polar surface area (TPSA) is 61.0 Å². The number of aryl methyl sites for hydroxylation is 1. The fourth-order valence-corrected chi connectivity index (χ4v) is 2.48. The first-order chi connectivity index (χ1) is 9.52. The number of para-hydroxylation sites is 1. The van der Waals surface area contributed by atoms with Gasteiger partial charge in [0.2, 0.25) is 0 Å². The van der Waals surface area contributed by atoms with Crippen LogP contribution in [-0.4, -0.2) is 17.1 Å². The zero-order valence-corrected chi connectivity index (χ0v) is 12.5. The number of aromatic nitrogens is 2. The minimum absolute atomic E-state index is 0.329. The van der Waals surface area contributed by atoms with Gasteiger partial charge in [0.25, 0.3) is 0 Å². The first-order valence-electron chi connectivity index (χ1n) is 6.77. The highest BCUT2D eigenvalue weighted by atomic mass is 16.5. The molecule has 0 aliphatic heterocycles. The number of nitrogen functional groups attached to an aromatic ring is 1. The number of hydrogen-bond donors (Lipinski definition) is 1. The second-order valence-corrected chi connectivity index (χ2v) is 5.17. The molecule has 1 aromatic heterocycles. The molecule has 0 bridgehead atoms. The Morgan fingerprint density at radius 2 is 1.90 bits per heavy atom. The van der Waals surface area contributed by atoms with Crippen molar-refractivity contribution in [3.63, 3.8) is 0 Å². The summed E-state index contributed by atoms with van der Waals surface area (Å²) < 4.78 is 5.35. The van der Waals surface area contributed by atoms with Gasteiger partial charge in [-0.25, -0.2) is 9.97 Å². The third-order valence-corrected chi connectivity index (χ3v) is 3.33. The summed E-state index contributed by atoms with van der Waals surface area (Å²) in [5.74, 6) is 2.49. The van der Waals surface area contributed by atoms with Crippen molar-refractivity contribution >= 4 is 5.82 Å². The lowest BCUT2D eigenvalue weighted by Gasteiger charge is -2.14. The fraction of sp³-hybridized carbons (Fsp3) is 0.375. The Labute approximate surface area is 120 Å². The van der Waals surface area contributed by atoms with E-state index in [0.29, 0.717) is 18.2 Å². The maximum Gasteiger partial charge on any atom is 0.135 e. The van der Waals surface area contributed by atoms with Gasteiger partial charge in [-0.1, -0.05) is 32.0 Å². The average Bonchev–Trinajstić information content (AvgIpc) is 2.38. The molecule has 0 aliphatic rings. The number of anilines is 1. The van der Waals surface area contributed by atoms with Crippen molar-refractivity contribution in [3.05, 3.63) is 46.9 Å². The Morgan fingerprint density at radius 3 is 2.50 bits per heavy atom. The largest absolute Gasteiger partial charge is 0.496 e. The minimum Gasteiger partial charge on any atom is -0.496 e. The second-order valence-electron chi connectivity index (χ2n) is 5.17. The van der Waals surface area contributed by atoms with Crippen molar-refractivity contribution in [2.75, 3.05) is 12.8 Å². The van der Waals surface area contributed by atoms with Crippen LogP contribution in [0, 0.1) is 6.92 Å². The highest BCUT2D eigenvalue weighted by Crippen LogP contribution is 2.25. The molecule has 0 saturated carbocycles. The van der Waals surface area contributed by atoms with Crippen LogP contribution >= 0.6 is 0 Å². The molecule has 0 atom stereocenters. The Balaban J connectivity index is 2.35. The molecule has 4 heteroatoms. The van der Waals surface area contributed by atoms with Crippen molar-refractivity contribution in [1.82, 2.24) is 9.97 Å². The summed E-state index contributed by atoms with van der Waals surface area (Å²) in [6, 6.07) is 7.89. The first kappa shape index (κ1) is 14.3. The van der Waals surface area contributed by atoms with Crippen LogP contribution < -0.4 is 10.5 Å². The normalized spacial score (nSPS) is 10.8. The Bertz CT molecular complexity index is 585. The van der Waals surface area contributed by atoms with E-state index in [0.717, 1.165) is 28.4 Å². The van der Waals surface area contributed by atoms with Crippen molar-refractivity contribution in [2.24, 2.45) is 0 Å². The number of nitrogens with zero attached hydrogens (tertiary/aromatic N) is 2. The predicted octanol–water partition coefficient (Wildman–Crippen LogP) is 3.09. The molecule has 0 aliphatic carbocycles. The van der Waals surface area contributed by atoms with Crippen LogP contribution in [0.25, 0.3) is 0 Å². The standard InChI is InChI=1S/C16H21N3O/c1-10(2)15-11(3)18-14(19-16(15)17)9-12-7-5-6-8-13(12)20-4/h5-8,10H,9H2,1-4H3,(H2,17,18,19). The van der Waals surface area contributed by atoms with Crippen molar-refractivity contribution in [1.29, 1.82) is 0 Å². The SMILES string of the molecule is COc1ccccc1Cc1nc(C)c(C(C)C)c(N)n1. The van der Waals surface area contributed by atoms with E-state index in [1.165, 1.54) is 0 Å². The number of hydrogen-bond acceptors (Lipinski definition) is 4. The molecule has 106 valence electrons. The molecule has 0 spiro atoms. The molecule has 0 saturated heterocycles. The quantitative estimate of drug-likeness (QED) is 0.928. The summed E-state index contributed by atoms with van der Waals surface area (Å²) in [5.41, 5.74) is 9.12. The third-order valence-electron chi connectivity index (χ3n) is 3.33. The van der Waals surface area contributed by atoms with Crippen LogP contribution in [0.4, 0.5) is 5.82 Å². The Morgan fingerprint density at radius 1 is 1.20 bits per heavy atom. The fourth-order valence-electron chi connectivity index (χ4n) is 2.48. The van der Waals surface area contributed by atoms with Crippen LogP contribution in [0.15, 0.2) is 24.3 Å². The molecule has 0 amide bonds. The zero-order valence-electron chi connectivity index (χ0n) is 12.5. The average molecular weight is 271 g/mol. The molecular weight excluding hydrogens is 250 g/mol. The minimum atomic E-state index is 0.329. The number of benzene rings is 1. The third kappa shape index (κ3) is 2.90. The zero-order chi connectivity index (χ0) is 14.7. The Hall–Kier alpha value is -2.10. The monoisotopic (exact) mass is 271 g/mol. The van der Waals surface area contributed by atoms with E-state index in [4.69, 9.17) is 10.5 Å². The number of nitrogens with two attached hydrogens (primary N) is 1. The molecule has 4 nitrogen and oxygen atoms in total. The van der Waals surface area contributed by atoms with Crippen molar-refractivity contribution < 1.29 is 4.74 Å². The van der Waals surface area contributed by atoms with Gasteiger partial charge in [-0.05, 0) is 18.9 Å². The lowest BCUT2D eigenvalue weighted by Crippen LogP contribution is -2.09. The van der Waals surface area contributed by atoms with Gasteiger partial charge < -0.3 is 10.5 Å². The van der Waals surface area contributed by atoms with E-state index in [2.05, 4.69) is 23.8 Å². The van der Waals surface area contributed by atoms with Crippen LogP contribution in [0.3, 0.4) is 0 Å². The predicted molar refractivity (Wildman–Crippen MR) is 81.1 cm³/mol. The van der Waals surface area contributed by atoms with Gasteiger partial charge in [0.05, 0.1) is 7.11 Å². The smallest absolute Gasteiger partial charge is 0.135 e. The summed E-state index contributed by atoms with van der Waals surface area (Å²) in [6.45, 7) is 6.18. The Kier molecular flexibility index (Phi) is 4.23. The number of ether oxygens (including phenoxy) is 1. The van der Waals surface area contributed by atoms with E-state index < -0.39 is 0 Å². The van der Waals surface area contributed by atoms with Gasteiger partial charge in [0, 0.05) is 23.2 Å².